The van der Waals surface area contributed by atoms with E-state index in [-0.39, 0.29) is 52.1 Å². The maximum absolute atomic E-state index is 14.6. The SMILES string of the molecule is Cc1cnc2ccc(-c3nc(C#N)c(Nc4nc5ccc(-c6nc(CN)c(N)nc6-c6ccc(F)c(F)c6)cn5c4C)nc3-c3ccc(F)c(F)c3)cn12. The van der Waals surface area contributed by atoms with Crippen LogP contribution >= 0.6 is 0 Å². The van der Waals surface area contributed by atoms with Gasteiger partial charge in [0.2, 0.25) is 0 Å². The van der Waals surface area contributed by atoms with Crippen LogP contribution in [0.15, 0.2) is 79.3 Å². The summed E-state index contributed by atoms with van der Waals surface area (Å²) in [7, 11) is 0. The van der Waals surface area contributed by atoms with Gasteiger partial charge in [0.05, 0.1) is 34.2 Å². The van der Waals surface area contributed by atoms with Crippen LogP contribution in [0, 0.1) is 48.4 Å². The summed E-state index contributed by atoms with van der Waals surface area (Å²) < 4.78 is 60.4. The van der Waals surface area contributed by atoms with E-state index in [2.05, 4.69) is 31.3 Å². The van der Waals surface area contributed by atoms with Gasteiger partial charge in [-0.25, -0.2) is 47.5 Å². The molecule has 266 valence electrons. The molecule has 5 N–H and O–H groups in total. The van der Waals surface area contributed by atoms with Crippen LogP contribution in [0.25, 0.3) is 56.3 Å². The number of aromatic nitrogens is 8. The summed E-state index contributed by atoms with van der Waals surface area (Å²) >= 11 is 0. The summed E-state index contributed by atoms with van der Waals surface area (Å²) in [5.74, 6) is -3.81. The highest BCUT2D eigenvalue weighted by atomic mass is 19.2. The number of fused-ring (bicyclic) bond motifs is 2. The lowest BCUT2D eigenvalue weighted by Crippen LogP contribution is -2.09. The molecule has 8 rings (SSSR count). The fraction of sp³-hybridized carbons (Fsp3) is 0.0789. The number of hydrogen-bond acceptors (Lipinski definition) is 10. The van der Waals surface area contributed by atoms with Gasteiger partial charge in [-0.3, -0.25) is 0 Å². The van der Waals surface area contributed by atoms with Gasteiger partial charge in [-0.2, -0.15) is 5.26 Å². The van der Waals surface area contributed by atoms with Crippen LogP contribution in [-0.2, 0) is 6.54 Å². The molecule has 0 atom stereocenters. The Kier molecular flexibility index (Phi) is 8.19. The molecule has 0 aliphatic rings. The third kappa shape index (κ3) is 5.78. The first-order valence-electron chi connectivity index (χ1n) is 16.3. The van der Waals surface area contributed by atoms with Gasteiger partial charge in [-0.15, -0.1) is 0 Å². The lowest BCUT2D eigenvalue weighted by atomic mass is 10.0. The van der Waals surface area contributed by atoms with E-state index in [4.69, 9.17) is 21.4 Å². The summed E-state index contributed by atoms with van der Waals surface area (Å²) in [6.07, 6.45) is 5.22. The van der Waals surface area contributed by atoms with E-state index < -0.39 is 23.3 Å². The number of halogens is 4. The number of nitrogens with zero attached hydrogens (tertiary/aromatic N) is 9. The molecule has 8 aromatic rings. The maximum Gasteiger partial charge on any atom is 0.184 e. The van der Waals surface area contributed by atoms with Crippen molar-refractivity contribution in [3.05, 3.63) is 125 Å². The van der Waals surface area contributed by atoms with E-state index >= 15 is 0 Å². The number of benzene rings is 2. The van der Waals surface area contributed by atoms with Crippen LogP contribution in [0.1, 0.15) is 22.8 Å². The van der Waals surface area contributed by atoms with Gasteiger partial charge in [-0.05, 0) is 74.5 Å². The first-order valence-corrected chi connectivity index (χ1v) is 16.3. The Bertz CT molecular complexity index is 2860. The molecule has 16 heteroatoms. The lowest BCUT2D eigenvalue weighted by Gasteiger charge is -2.14. The molecule has 0 saturated carbocycles. The second-order valence-corrected chi connectivity index (χ2v) is 12.3. The molecule has 54 heavy (non-hydrogen) atoms. The molecule has 0 aliphatic heterocycles. The average Bonchev–Trinajstić information content (AvgIpc) is 3.70. The van der Waals surface area contributed by atoms with Crippen molar-refractivity contribution in [2.45, 2.75) is 20.4 Å². The minimum Gasteiger partial charge on any atom is -0.382 e. The van der Waals surface area contributed by atoms with Crippen molar-refractivity contribution in [1.82, 2.24) is 38.7 Å². The fourth-order valence-corrected chi connectivity index (χ4v) is 6.10. The molecule has 2 aromatic carbocycles. The van der Waals surface area contributed by atoms with Gasteiger partial charge >= 0.3 is 0 Å². The smallest absolute Gasteiger partial charge is 0.184 e. The van der Waals surface area contributed by atoms with Gasteiger partial charge in [0.15, 0.2) is 40.6 Å². The van der Waals surface area contributed by atoms with Crippen LogP contribution in [0.4, 0.5) is 35.0 Å². The normalized spacial score (nSPS) is 11.4. The van der Waals surface area contributed by atoms with Gasteiger partial charge < -0.3 is 25.6 Å². The molecule has 0 fully saturated rings. The average molecular weight is 727 g/mol. The highest BCUT2D eigenvalue weighted by Crippen LogP contribution is 2.35. The van der Waals surface area contributed by atoms with Crippen LogP contribution in [0.2, 0.25) is 0 Å². The minimum atomic E-state index is -1.08. The number of aryl methyl sites for hydroxylation is 2. The van der Waals surface area contributed by atoms with E-state index in [9.17, 15) is 22.8 Å². The predicted octanol–water partition coefficient (Wildman–Crippen LogP) is 7.06. The number of nitrogens with one attached hydrogen (secondary N) is 1. The standard InChI is InChI=1S/C38H26F4N12/c1-18-15-46-30-9-5-22(16-53(18)30)35-33(21-4-8-25(40)27(42)12-21)51-38(29(14-44)48-35)52-37-19(2)54-17-23(6-10-31(54)49-37)34-32(50-36(45)28(13-43)47-34)20-3-7-24(39)26(41)11-20/h3-12,15-17H,13,43H2,1-2H3,(H2,45,50)(H,51,52). The Morgan fingerprint density at radius 2 is 1.24 bits per heavy atom. The number of pyridine rings is 2. The number of nitrogen functional groups attached to an aromatic ring is 1. The highest BCUT2D eigenvalue weighted by Gasteiger charge is 2.22. The molecule has 6 aromatic heterocycles. The van der Waals surface area contributed by atoms with Crippen LogP contribution in [0.5, 0.6) is 0 Å². The molecule has 0 amide bonds. The maximum atomic E-state index is 14.6. The lowest BCUT2D eigenvalue weighted by molar-refractivity contribution is 0.509. The molecule has 6 heterocycles. The number of anilines is 3. The molecule has 0 saturated heterocycles. The van der Waals surface area contributed by atoms with Crippen molar-refractivity contribution in [2.24, 2.45) is 5.73 Å². The largest absolute Gasteiger partial charge is 0.382 e. The van der Waals surface area contributed by atoms with Crippen LogP contribution < -0.4 is 16.8 Å². The Hall–Kier alpha value is -7.25. The zero-order chi connectivity index (χ0) is 37.8. The Morgan fingerprint density at radius 1 is 0.667 bits per heavy atom. The van der Waals surface area contributed by atoms with Crippen molar-refractivity contribution in [3.8, 4) is 51.1 Å². The van der Waals surface area contributed by atoms with E-state index in [1.807, 2.05) is 11.3 Å². The van der Waals surface area contributed by atoms with Gasteiger partial charge in [0, 0.05) is 53.1 Å². The first kappa shape index (κ1) is 33.9. The van der Waals surface area contributed by atoms with Crippen molar-refractivity contribution in [2.75, 3.05) is 11.1 Å². The third-order valence-electron chi connectivity index (χ3n) is 8.91. The van der Waals surface area contributed by atoms with Crippen LogP contribution in [-0.4, -0.2) is 38.7 Å². The van der Waals surface area contributed by atoms with E-state index in [0.717, 1.165) is 30.0 Å². The Labute approximate surface area is 303 Å². The number of imidazole rings is 2. The quantitative estimate of drug-likeness (QED) is 0.144. The summed E-state index contributed by atoms with van der Waals surface area (Å²) in [6, 6.07) is 15.8. The van der Waals surface area contributed by atoms with E-state index in [1.165, 1.54) is 12.1 Å². The van der Waals surface area contributed by atoms with Crippen molar-refractivity contribution >= 4 is 28.7 Å². The van der Waals surface area contributed by atoms with Gasteiger partial charge in [0.25, 0.3) is 0 Å². The molecular weight excluding hydrogens is 700 g/mol. The van der Waals surface area contributed by atoms with Gasteiger partial charge in [-0.1, -0.05) is 0 Å². The monoisotopic (exact) mass is 726 g/mol. The Balaban J connectivity index is 1.24. The topological polar surface area (TPSA) is 174 Å². The summed E-state index contributed by atoms with van der Waals surface area (Å²) in [6.45, 7) is 3.64. The zero-order valence-electron chi connectivity index (χ0n) is 28.4. The minimum absolute atomic E-state index is 0.0181. The third-order valence-corrected chi connectivity index (χ3v) is 8.91. The molecule has 0 aliphatic carbocycles. The zero-order valence-corrected chi connectivity index (χ0v) is 28.4. The molecule has 12 nitrogen and oxygen atoms in total. The number of hydrogen-bond donors (Lipinski definition) is 3. The molecule has 0 unspecified atom stereocenters. The van der Waals surface area contributed by atoms with Crippen molar-refractivity contribution in [1.29, 1.82) is 5.26 Å². The molecular formula is C38H26F4N12. The Morgan fingerprint density at radius 3 is 1.87 bits per heavy atom. The molecule has 0 bridgehead atoms. The first-order chi connectivity index (χ1) is 26.0. The summed E-state index contributed by atoms with van der Waals surface area (Å²) in [5, 5.41) is 13.4. The van der Waals surface area contributed by atoms with Crippen molar-refractivity contribution < 1.29 is 17.6 Å². The fourth-order valence-electron chi connectivity index (χ4n) is 6.10. The predicted molar refractivity (Wildman–Crippen MR) is 193 cm³/mol. The summed E-state index contributed by atoms with van der Waals surface area (Å²) in [5.41, 5.74) is 17.3. The second-order valence-electron chi connectivity index (χ2n) is 12.3. The number of rotatable bonds is 7. The van der Waals surface area contributed by atoms with Crippen LogP contribution in [0.3, 0.4) is 0 Å². The number of nitriles is 1. The molecule has 0 spiro atoms. The second kappa shape index (κ2) is 13.1. The number of nitrogens with two attached hydrogens (primary N) is 2. The van der Waals surface area contributed by atoms with Crippen molar-refractivity contribution in [3.63, 3.8) is 0 Å². The summed E-state index contributed by atoms with van der Waals surface area (Å²) in [4.78, 5) is 27.6. The molecule has 0 radical (unpaired) electrons. The highest BCUT2D eigenvalue weighted by molar-refractivity contribution is 5.82. The van der Waals surface area contributed by atoms with E-state index in [1.54, 1.807) is 54.2 Å². The van der Waals surface area contributed by atoms with E-state index in [0.29, 0.717) is 45.3 Å². The van der Waals surface area contributed by atoms with Gasteiger partial charge in [0.1, 0.15) is 23.2 Å².